The first kappa shape index (κ1) is 10.3. The molecule has 0 N–H and O–H groups in total. The van der Waals surface area contributed by atoms with Gasteiger partial charge in [-0.1, -0.05) is 36.3 Å². The summed E-state index contributed by atoms with van der Waals surface area (Å²) in [6, 6.07) is 11.7. The third-order valence-corrected chi connectivity index (χ3v) is 2.37. The highest BCUT2D eigenvalue weighted by Gasteiger charge is 2.04. The van der Waals surface area contributed by atoms with Gasteiger partial charge in [0.25, 0.3) is 0 Å². The SMILES string of the molecule is COc1ccc2ccccc2c1C#CC=O. The van der Waals surface area contributed by atoms with Gasteiger partial charge in [0.1, 0.15) is 5.75 Å². The zero-order valence-corrected chi connectivity index (χ0v) is 8.86. The van der Waals surface area contributed by atoms with Gasteiger partial charge in [0.15, 0.2) is 6.29 Å². The summed E-state index contributed by atoms with van der Waals surface area (Å²) in [5.74, 6) is 5.92. The molecule has 0 aliphatic carbocycles. The van der Waals surface area contributed by atoms with E-state index in [0.29, 0.717) is 12.0 Å². The molecule has 0 unspecified atom stereocenters. The van der Waals surface area contributed by atoms with Crippen molar-refractivity contribution >= 4 is 17.1 Å². The molecule has 0 aliphatic rings. The van der Waals surface area contributed by atoms with Crippen molar-refractivity contribution in [1.82, 2.24) is 0 Å². The largest absolute Gasteiger partial charge is 0.495 e. The highest BCUT2D eigenvalue weighted by molar-refractivity contribution is 5.91. The van der Waals surface area contributed by atoms with Crippen LogP contribution in [0.15, 0.2) is 36.4 Å². The fourth-order valence-corrected chi connectivity index (χ4v) is 1.65. The number of hydrogen-bond donors (Lipinski definition) is 0. The van der Waals surface area contributed by atoms with Crippen LogP contribution < -0.4 is 4.74 Å². The van der Waals surface area contributed by atoms with Gasteiger partial charge in [0, 0.05) is 5.39 Å². The summed E-state index contributed by atoms with van der Waals surface area (Å²) in [5.41, 5.74) is 0.757. The van der Waals surface area contributed by atoms with E-state index in [1.54, 1.807) is 7.11 Å². The van der Waals surface area contributed by atoms with Crippen molar-refractivity contribution in [3.63, 3.8) is 0 Å². The van der Waals surface area contributed by atoms with E-state index in [1.165, 1.54) is 0 Å². The van der Waals surface area contributed by atoms with Gasteiger partial charge >= 0.3 is 0 Å². The number of carbonyl (C=O) groups is 1. The van der Waals surface area contributed by atoms with Crippen LogP contribution in [-0.4, -0.2) is 13.4 Å². The number of fused-ring (bicyclic) bond motifs is 1. The van der Waals surface area contributed by atoms with Gasteiger partial charge in [-0.15, -0.1) is 0 Å². The molecule has 0 atom stereocenters. The Morgan fingerprint density at radius 2 is 2.00 bits per heavy atom. The number of methoxy groups -OCH3 is 1. The van der Waals surface area contributed by atoms with Gasteiger partial charge in [-0.25, -0.2) is 0 Å². The van der Waals surface area contributed by atoms with Gasteiger partial charge in [-0.05, 0) is 17.4 Å². The predicted molar refractivity (Wildman–Crippen MR) is 63.4 cm³/mol. The van der Waals surface area contributed by atoms with Crippen LogP contribution in [0.2, 0.25) is 0 Å². The Morgan fingerprint density at radius 3 is 2.75 bits per heavy atom. The quantitative estimate of drug-likeness (QED) is 0.533. The van der Waals surface area contributed by atoms with Crippen molar-refractivity contribution < 1.29 is 9.53 Å². The van der Waals surface area contributed by atoms with Crippen LogP contribution in [-0.2, 0) is 4.79 Å². The van der Waals surface area contributed by atoms with Crippen LogP contribution in [0, 0.1) is 11.8 Å². The summed E-state index contributed by atoms with van der Waals surface area (Å²) in [5, 5.41) is 2.08. The molecule has 0 radical (unpaired) electrons. The van der Waals surface area contributed by atoms with Crippen LogP contribution >= 0.6 is 0 Å². The number of rotatable bonds is 1. The molecule has 2 heteroatoms. The maximum Gasteiger partial charge on any atom is 0.193 e. The first-order chi connectivity index (χ1) is 7.86. The second kappa shape index (κ2) is 4.50. The van der Waals surface area contributed by atoms with Crippen LogP contribution in [0.5, 0.6) is 5.75 Å². The molecule has 2 nitrogen and oxygen atoms in total. The van der Waals surface area contributed by atoms with Crippen LogP contribution in [0.1, 0.15) is 5.56 Å². The van der Waals surface area contributed by atoms with Crippen molar-refractivity contribution in [3.8, 4) is 17.6 Å². The molecule has 16 heavy (non-hydrogen) atoms. The Hall–Kier alpha value is -2.27. The van der Waals surface area contributed by atoms with Gasteiger partial charge in [0.05, 0.1) is 12.7 Å². The predicted octanol–water partition coefficient (Wildman–Crippen LogP) is 2.40. The number of hydrogen-bond acceptors (Lipinski definition) is 2. The lowest BCUT2D eigenvalue weighted by molar-refractivity contribution is -0.103. The molecule has 0 heterocycles. The minimum Gasteiger partial charge on any atom is -0.495 e. The summed E-state index contributed by atoms with van der Waals surface area (Å²) in [6.07, 6.45) is 0.585. The lowest BCUT2D eigenvalue weighted by Crippen LogP contribution is -1.89. The molecule has 0 bridgehead atoms. The zero-order valence-electron chi connectivity index (χ0n) is 8.86. The van der Waals surface area contributed by atoms with Crippen molar-refractivity contribution in [2.45, 2.75) is 0 Å². The van der Waals surface area contributed by atoms with E-state index < -0.39 is 0 Å². The third kappa shape index (κ3) is 1.76. The Morgan fingerprint density at radius 1 is 1.19 bits per heavy atom. The molecule has 0 amide bonds. The molecular formula is C14H10O2. The average Bonchev–Trinajstić information content (AvgIpc) is 2.35. The molecule has 0 saturated carbocycles. The van der Waals surface area contributed by atoms with Gasteiger partial charge in [0.2, 0.25) is 0 Å². The van der Waals surface area contributed by atoms with Gasteiger partial charge < -0.3 is 4.74 Å². The molecule has 0 saturated heterocycles. The summed E-state index contributed by atoms with van der Waals surface area (Å²) in [7, 11) is 1.59. The van der Waals surface area contributed by atoms with Gasteiger partial charge in [-0.3, -0.25) is 4.79 Å². The van der Waals surface area contributed by atoms with E-state index in [9.17, 15) is 4.79 Å². The fraction of sp³-hybridized carbons (Fsp3) is 0.0714. The van der Waals surface area contributed by atoms with E-state index in [4.69, 9.17) is 4.74 Å². The van der Waals surface area contributed by atoms with E-state index in [0.717, 1.165) is 16.3 Å². The molecule has 0 aromatic heterocycles. The van der Waals surface area contributed by atoms with Crippen LogP contribution in [0.3, 0.4) is 0 Å². The molecule has 78 valence electrons. The van der Waals surface area contributed by atoms with Crippen molar-refractivity contribution in [2.24, 2.45) is 0 Å². The lowest BCUT2D eigenvalue weighted by Gasteiger charge is -2.06. The minimum atomic E-state index is 0.585. The number of carbonyl (C=O) groups excluding carboxylic acids is 1. The summed E-state index contributed by atoms with van der Waals surface area (Å²) >= 11 is 0. The summed E-state index contributed by atoms with van der Waals surface area (Å²) in [4.78, 5) is 10.3. The Labute approximate surface area is 93.8 Å². The topological polar surface area (TPSA) is 26.3 Å². The minimum absolute atomic E-state index is 0.585. The lowest BCUT2D eigenvalue weighted by atomic mass is 10.0. The molecular weight excluding hydrogens is 200 g/mol. The molecule has 0 aliphatic heterocycles. The van der Waals surface area contributed by atoms with Crippen LogP contribution in [0.25, 0.3) is 10.8 Å². The molecule has 0 fully saturated rings. The third-order valence-electron chi connectivity index (χ3n) is 2.37. The number of aldehydes is 1. The molecule has 0 spiro atoms. The van der Waals surface area contributed by atoms with Gasteiger partial charge in [-0.2, -0.15) is 0 Å². The maximum atomic E-state index is 10.3. The number of ether oxygens (including phenoxy) is 1. The molecule has 2 rings (SSSR count). The normalized spacial score (nSPS) is 9.31. The van der Waals surface area contributed by atoms with Crippen molar-refractivity contribution in [2.75, 3.05) is 7.11 Å². The highest BCUT2D eigenvalue weighted by atomic mass is 16.5. The van der Waals surface area contributed by atoms with Crippen molar-refractivity contribution in [1.29, 1.82) is 0 Å². The Balaban J connectivity index is 2.77. The summed E-state index contributed by atoms with van der Waals surface area (Å²) in [6.45, 7) is 0. The van der Waals surface area contributed by atoms with Crippen molar-refractivity contribution in [3.05, 3.63) is 42.0 Å². The Bertz CT molecular complexity index is 588. The summed E-state index contributed by atoms with van der Waals surface area (Å²) < 4.78 is 5.23. The highest BCUT2D eigenvalue weighted by Crippen LogP contribution is 2.26. The fourth-order valence-electron chi connectivity index (χ4n) is 1.65. The number of benzene rings is 2. The Kier molecular flexibility index (Phi) is 2.88. The first-order valence-corrected chi connectivity index (χ1v) is 4.87. The smallest absolute Gasteiger partial charge is 0.193 e. The second-order valence-electron chi connectivity index (χ2n) is 3.25. The monoisotopic (exact) mass is 210 g/mol. The average molecular weight is 210 g/mol. The van der Waals surface area contributed by atoms with E-state index in [2.05, 4.69) is 11.8 Å². The second-order valence-corrected chi connectivity index (χ2v) is 3.25. The van der Waals surface area contributed by atoms with E-state index >= 15 is 0 Å². The van der Waals surface area contributed by atoms with E-state index in [1.807, 2.05) is 36.4 Å². The molecule has 2 aromatic rings. The van der Waals surface area contributed by atoms with E-state index in [-0.39, 0.29) is 0 Å². The van der Waals surface area contributed by atoms with Crippen LogP contribution in [0.4, 0.5) is 0 Å². The maximum absolute atomic E-state index is 10.3. The zero-order chi connectivity index (χ0) is 11.4. The molecule has 2 aromatic carbocycles. The standard InChI is InChI=1S/C14H10O2/c1-16-14-9-8-11-5-2-3-6-12(11)13(14)7-4-10-15/h2-3,5-6,8-10H,1H3. The first-order valence-electron chi connectivity index (χ1n) is 4.87.